The maximum atomic E-state index is 11.4. The van der Waals surface area contributed by atoms with Crippen LogP contribution in [0.5, 0.6) is 0 Å². The van der Waals surface area contributed by atoms with Crippen molar-refractivity contribution in [2.45, 2.75) is 13.0 Å². The summed E-state index contributed by atoms with van der Waals surface area (Å²) in [5.74, 6) is 0.340. The molecule has 1 aromatic carbocycles. The largest absolute Gasteiger partial charge is 0.467 e. The number of hydrogen-bond acceptors (Lipinski definition) is 4. The summed E-state index contributed by atoms with van der Waals surface area (Å²) in [6, 6.07) is 6.99. The van der Waals surface area contributed by atoms with E-state index < -0.39 is 0 Å². The van der Waals surface area contributed by atoms with Gasteiger partial charge >= 0.3 is 5.76 Å². The lowest BCUT2D eigenvalue weighted by molar-refractivity contribution is 0.486. The number of aryl methyl sites for hydroxylation is 2. The van der Waals surface area contributed by atoms with Crippen molar-refractivity contribution in [3.63, 3.8) is 0 Å². The Labute approximate surface area is 109 Å². The van der Waals surface area contributed by atoms with Gasteiger partial charge in [-0.15, -0.1) is 0 Å². The number of oxazole rings is 1. The molecule has 3 aromatic rings. The summed E-state index contributed by atoms with van der Waals surface area (Å²) in [4.78, 5) is 11.4. The van der Waals surface area contributed by atoms with E-state index in [0.29, 0.717) is 5.58 Å². The first-order chi connectivity index (χ1) is 9.08. The molecule has 98 valence electrons. The number of benzene rings is 1. The van der Waals surface area contributed by atoms with Crippen molar-refractivity contribution in [1.82, 2.24) is 4.57 Å². The highest BCUT2D eigenvalue weighted by atomic mass is 16.4. The van der Waals surface area contributed by atoms with Crippen LogP contribution >= 0.6 is 0 Å². The van der Waals surface area contributed by atoms with E-state index in [1.807, 2.05) is 25.1 Å². The fourth-order valence-electron chi connectivity index (χ4n) is 2.20. The van der Waals surface area contributed by atoms with Crippen molar-refractivity contribution in [2.24, 2.45) is 12.8 Å². The average molecular weight is 258 g/mol. The molecular weight excluding hydrogens is 244 g/mol. The second kappa shape index (κ2) is 4.13. The Morgan fingerprint density at radius 1 is 1.32 bits per heavy atom. The highest BCUT2D eigenvalue weighted by molar-refractivity contribution is 5.74. The van der Waals surface area contributed by atoms with Gasteiger partial charge in [-0.05, 0) is 36.2 Å². The van der Waals surface area contributed by atoms with E-state index in [-0.39, 0.29) is 11.8 Å². The number of furan rings is 1. The lowest BCUT2D eigenvalue weighted by atomic mass is 10.0. The molecule has 5 nitrogen and oxygen atoms in total. The molecule has 5 heteroatoms. The van der Waals surface area contributed by atoms with Gasteiger partial charge in [0.05, 0.1) is 17.8 Å². The van der Waals surface area contributed by atoms with Gasteiger partial charge in [0.25, 0.3) is 0 Å². The van der Waals surface area contributed by atoms with Gasteiger partial charge in [0.2, 0.25) is 0 Å². The number of aromatic nitrogens is 1. The second-order valence-corrected chi connectivity index (χ2v) is 4.60. The van der Waals surface area contributed by atoms with Crippen LogP contribution in [0.25, 0.3) is 11.1 Å². The topological polar surface area (TPSA) is 74.3 Å². The molecule has 2 N–H and O–H groups in total. The fraction of sp³-hybridized carbons (Fsp3) is 0.214. The molecule has 0 amide bonds. The first kappa shape index (κ1) is 11.8. The lowest BCUT2D eigenvalue weighted by Crippen LogP contribution is -2.12. The number of nitrogens with two attached hydrogens (primary N) is 1. The van der Waals surface area contributed by atoms with Crippen LogP contribution in [0.2, 0.25) is 0 Å². The predicted octanol–water partition coefficient (Wildman–Crippen LogP) is 2.08. The van der Waals surface area contributed by atoms with E-state index in [0.717, 1.165) is 22.4 Å². The first-order valence-corrected chi connectivity index (χ1v) is 5.97. The summed E-state index contributed by atoms with van der Waals surface area (Å²) in [7, 11) is 1.67. The van der Waals surface area contributed by atoms with Crippen molar-refractivity contribution in [3.05, 3.63) is 58.0 Å². The lowest BCUT2D eigenvalue weighted by Gasteiger charge is -2.10. The summed E-state index contributed by atoms with van der Waals surface area (Å²) in [6.07, 6.45) is 1.62. The van der Waals surface area contributed by atoms with Crippen LogP contribution in [0, 0.1) is 6.92 Å². The number of hydrogen-bond donors (Lipinski definition) is 1. The SMILES string of the molecule is Cc1ccoc1C(N)c1ccc2c(c1)oc(=O)n2C. The van der Waals surface area contributed by atoms with Gasteiger partial charge < -0.3 is 14.6 Å². The van der Waals surface area contributed by atoms with Gasteiger partial charge in [-0.1, -0.05) is 6.07 Å². The Morgan fingerprint density at radius 2 is 2.11 bits per heavy atom. The molecule has 0 aliphatic heterocycles. The van der Waals surface area contributed by atoms with E-state index >= 15 is 0 Å². The average Bonchev–Trinajstić information content (AvgIpc) is 2.93. The van der Waals surface area contributed by atoms with E-state index in [9.17, 15) is 4.79 Å². The standard InChI is InChI=1S/C14H14N2O3/c1-8-5-6-18-13(8)12(15)9-3-4-10-11(7-9)19-14(17)16(10)2/h3-7,12H,15H2,1-2H3. The Morgan fingerprint density at radius 3 is 2.79 bits per heavy atom. The van der Waals surface area contributed by atoms with Crippen LogP contribution in [-0.4, -0.2) is 4.57 Å². The second-order valence-electron chi connectivity index (χ2n) is 4.60. The van der Waals surface area contributed by atoms with E-state index in [1.54, 1.807) is 19.4 Å². The monoisotopic (exact) mass is 258 g/mol. The zero-order valence-electron chi connectivity index (χ0n) is 10.7. The molecule has 1 unspecified atom stereocenters. The van der Waals surface area contributed by atoms with Crippen molar-refractivity contribution in [3.8, 4) is 0 Å². The number of fused-ring (bicyclic) bond motifs is 1. The summed E-state index contributed by atoms with van der Waals surface area (Å²) in [5.41, 5.74) is 9.31. The molecule has 2 aromatic heterocycles. The zero-order valence-corrected chi connectivity index (χ0v) is 10.7. The number of rotatable bonds is 2. The van der Waals surface area contributed by atoms with Crippen LogP contribution in [0.3, 0.4) is 0 Å². The van der Waals surface area contributed by atoms with Gasteiger partial charge in [0.1, 0.15) is 5.76 Å². The maximum absolute atomic E-state index is 11.4. The minimum absolute atomic E-state index is 0.370. The van der Waals surface area contributed by atoms with Crippen molar-refractivity contribution >= 4 is 11.1 Å². The Balaban J connectivity index is 2.11. The van der Waals surface area contributed by atoms with Gasteiger partial charge in [-0.3, -0.25) is 4.57 Å². The summed E-state index contributed by atoms with van der Waals surface area (Å²) >= 11 is 0. The first-order valence-electron chi connectivity index (χ1n) is 5.97. The van der Waals surface area contributed by atoms with Crippen molar-refractivity contribution in [1.29, 1.82) is 0 Å². The fourth-order valence-corrected chi connectivity index (χ4v) is 2.20. The highest BCUT2D eigenvalue weighted by Gasteiger charge is 2.16. The third-order valence-electron chi connectivity index (χ3n) is 3.36. The summed E-state index contributed by atoms with van der Waals surface area (Å²) in [5, 5.41) is 0. The molecule has 0 saturated heterocycles. The van der Waals surface area contributed by atoms with Crippen LogP contribution in [0.4, 0.5) is 0 Å². The maximum Gasteiger partial charge on any atom is 0.419 e. The van der Waals surface area contributed by atoms with Gasteiger partial charge in [0.15, 0.2) is 5.58 Å². The Kier molecular flexibility index (Phi) is 2.57. The van der Waals surface area contributed by atoms with Gasteiger partial charge in [-0.2, -0.15) is 0 Å². The molecule has 0 bridgehead atoms. The molecule has 19 heavy (non-hydrogen) atoms. The molecule has 0 saturated carbocycles. The molecule has 3 rings (SSSR count). The minimum Gasteiger partial charge on any atom is -0.467 e. The third kappa shape index (κ3) is 1.79. The van der Waals surface area contributed by atoms with E-state index in [2.05, 4.69) is 0 Å². The van der Waals surface area contributed by atoms with Gasteiger partial charge in [0, 0.05) is 7.05 Å². The van der Waals surface area contributed by atoms with Gasteiger partial charge in [-0.25, -0.2) is 4.79 Å². The van der Waals surface area contributed by atoms with Crippen molar-refractivity contribution in [2.75, 3.05) is 0 Å². The summed E-state index contributed by atoms with van der Waals surface area (Å²) in [6.45, 7) is 1.94. The summed E-state index contributed by atoms with van der Waals surface area (Å²) < 4.78 is 12.0. The minimum atomic E-state index is -0.380. The molecule has 0 aliphatic rings. The van der Waals surface area contributed by atoms with Crippen LogP contribution in [-0.2, 0) is 7.05 Å². The molecule has 0 aliphatic carbocycles. The molecule has 0 spiro atoms. The number of nitrogens with zero attached hydrogens (tertiary/aromatic N) is 1. The van der Waals surface area contributed by atoms with Crippen LogP contribution < -0.4 is 11.5 Å². The molecular formula is C14H14N2O3. The van der Waals surface area contributed by atoms with E-state index in [4.69, 9.17) is 14.6 Å². The highest BCUT2D eigenvalue weighted by Crippen LogP contribution is 2.25. The normalized spacial score (nSPS) is 13.0. The van der Waals surface area contributed by atoms with Crippen LogP contribution in [0.1, 0.15) is 22.9 Å². The third-order valence-corrected chi connectivity index (χ3v) is 3.36. The predicted molar refractivity (Wildman–Crippen MR) is 70.9 cm³/mol. The molecule has 2 heterocycles. The van der Waals surface area contributed by atoms with E-state index in [1.165, 1.54) is 4.57 Å². The molecule has 0 fully saturated rings. The molecule has 0 radical (unpaired) electrons. The quantitative estimate of drug-likeness (QED) is 0.763. The Hall–Kier alpha value is -2.27. The Bertz CT molecular complexity index is 794. The molecule has 1 atom stereocenters. The van der Waals surface area contributed by atoms with Crippen LogP contribution in [0.15, 0.2) is 44.2 Å². The zero-order chi connectivity index (χ0) is 13.6. The van der Waals surface area contributed by atoms with Crippen molar-refractivity contribution < 1.29 is 8.83 Å². The smallest absolute Gasteiger partial charge is 0.419 e.